The number of rotatable bonds is 10. The van der Waals surface area contributed by atoms with E-state index in [2.05, 4.69) is 47.1 Å². The molecule has 39 heavy (non-hydrogen) atoms. The van der Waals surface area contributed by atoms with Crippen molar-refractivity contribution >= 4 is 28.6 Å². The van der Waals surface area contributed by atoms with Crippen molar-refractivity contribution in [2.45, 2.75) is 78.9 Å². The van der Waals surface area contributed by atoms with Crippen LogP contribution in [0.2, 0.25) is 0 Å². The van der Waals surface area contributed by atoms with Gasteiger partial charge in [-0.15, -0.1) is 0 Å². The molecule has 204 valence electrons. The van der Waals surface area contributed by atoms with Gasteiger partial charge in [-0.25, -0.2) is 9.78 Å². The summed E-state index contributed by atoms with van der Waals surface area (Å²) in [6, 6.07) is 21.8. The summed E-state index contributed by atoms with van der Waals surface area (Å²) in [6.45, 7) is 10.5. The Balaban J connectivity index is 1.65. The predicted molar refractivity (Wildman–Crippen MR) is 158 cm³/mol. The molecule has 0 saturated carbocycles. The molecule has 6 heteroatoms. The number of carbonyl (C=O) groups excluding carboxylic acids is 2. The van der Waals surface area contributed by atoms with Crippen molar-refractivity contribution in [2.75, 3.05) is 5.32 Å². The van der Waals surface area contributed by atoms with E-state index in [9.17, 15) is 9.59 Å². The number of para-hydroxylation sites is 1. The highest BCUT2D eigenvalue weighted by Crippen LogP contribution is 2.29. The van der Waals surface area contributed by atoms with Crippen LogP contribution in [-0.4, -0.2) is 27.0 Å². The molecule has 0 spiro atoms. The van der Waals surface area contributed by atoms with E-state index in [1.165, 1.54) is 0 Å². The Morgan fingerprint density at radius 3 is 2.36 bits per heavy atom. The first-order valence-corrected chi connectivity index (χ1v) is 13.9. The molecule has 0 atom stereocenters. The maximum atomic E-state index is 12.9. The molecule has 4 aromatic rings. The lowest BCUT2D eigenvalue weighted by atomic mass is 9.98. The van der Waals surface area contributed by atoms with Gasteiger partial charge in [0.25, 0.3) is 0 Å². The van der Waals surface area contributed by atoms with Gasteiger partial charge in [0, 0.05) is 19.4 Å². The minimum absolute atomic E-state index is 0.0110. The molecule has 0 aliphatic rings. The number of aryl methyl sites for hydroxylation is 1. The molecule has 0 bridgehead atoms. The number of imidazole rings is 1. The van der Waals surface area contributed by atoms with Crippen LogP contribution in [-0.2, 0) is 22.5 Å². The topological polar surface area (TPSA) is 73.2 Å². The molecule has 0 aliphatic heterocycles. The Morgan fingerprint density at radius 2 is 1.67 bits per heavy atom. The van der Waals surface area contributed by atoms with E-state index in [1.807, 2.05) is 64.1 Å². The third-order valence-electron chi connectivity index (χ3n) is 6.51. The van der Waals surface area contributed by atoms with Crippen LogP contribution in [0.4, 0.5) is 5.69 Å². The van der Waals surface area contributed by atoms with Crippen molar-refractivity contribution in [1.29, 1.82) is 0 Å². The van der Waals surface area contributed by atoms with E-state index in [1.54, 1.807) is 0 Å². The zero-order chi connectivity index (χ0) is 28.0. The van der Waals surface area contributed by atoms with Crippen molar-refractivity contribution in [3.8, 4) is 11.1 Å². The van der Waals surface area contributed by atoms with Crippen LogP contribution < -0.4 is 5.32 Å². The molecule has 0 aliphatic carbocycles. The number of benzene rings is 3. The number of carbonyl (C=O) groups is 2. The maximum Gasteiger partial charge on any atom is 0.339 e. The van der Waals surface area contributed by atoms with Gasteiger partial charge in [0.05, 0.1) is 16.8 Å². The summed E-state index contributed by atoms with van der Waals surface area (Å²) in [6.07, 6.45) is 4.28. The molecule has 1 amide bonds. The van der Waals surface area contributed by atoms with Gasteiger partial charge >= 0.3 is 5.97 Å². The summed E-state index contributed by atoms with van der Waals surface area (Å²) < 4.78 is 7.89. The third kappa shape index (κ3) is 6.94. The van der Waals surface area contributed by atoms with Gasteiger partial charge in [0.2, 0.25) is 5.91 Å². The number of nitrogens with zero attached hydrogens (tertiary/aromatic N) is 2. The van der Waals surface area contributed by atoms with Crippen molar-refractivity contribution in [3.05, 3.63) is 83.7 Å². The fourth-order valence-corrected chi connectivity index (χ4v) is 4.66. The molecule has 0 fully saturated rings. The van der Waals surface area contributed by atoms with Crippen molar-refractivity contribution in [2.24, 2.45) is 0 Å². The van der Waals surface area contributed by atoms with E-state index in [0.717, 1.165) is 64.9 Å². The lowest BCUT2D eigenvalue weighted by Crippen LogP contribution is -2.24. The second-order valence-electron chi connectivity index (χ2n) is 10.9. The average molecular weight is 526 g/mol. The molecule has 3 aromatic carbocycles. The van der Waals surface area contributed by atoms with E-state index in [-0.39, 0.29) is 11.9 Å². The third-order valence-corrected chi connectivity index (χ3v) is 6.51. The molecule has 0 radical (unpaired) electrons. The van der Waals surface area contributed by atoms with Crippen molar-refractivity contribution < 1.29 is 14.3 Å². The number of nitrogens with one attached hydrogen (secondary N) is 1. The molecular weight excluding hydrogens is 486 g/mol. The molecule has 6 nitrogen and oxygen atoms in total. The van der Waals surface area contributed by atoms with Crippen molar-refractivity contribution in [1.82, 2.24) is 9.55 Å². The second-order valence-corrected chi connectivity index (χ2v) is 10.9. The minimum atomic E-state index is -0.560. The second kappa shape index (κ2) is 12.3. The number of ether oxygens (including phenoxy) is 1. The highest BCUT2D eigenvalue weighted by atomic mass is 16.6. The Kier molecular flexibility index (Phi) is 8.85. The van der Waals surface area contributed by atoms with Crippen molar-refractivity contribution in [3.63, 3.8) is 0 Å². The van der Waals surface area contributed by atoms with Crippen LogP contribution in [0.3, 0.4) is 0 Å². The van der Waals surface area contributed by atoms with E-state index in [4.69, 9.17) is 9.72 Å². The molecule has 1 heterocycles. The molecule has 4 rings (SSSR count). The van der Waals surface area contributed by atoms with Gasteiger partial charge in [-0.2, -0.15) is 0 Å². The number of anilines is 1. The first-order valence-electron chi connectivity index (χ1n) is 13.9. The first-order chi connectivity index (χ1) is 18.7. The van der Waals surface area contributed by atoms with Gasteiger partial charge < -0.3 is 14.6 Å². The summed E-state index contributed by atoms with van der Waals surface area (Å²) in [5, 5.41) is 3.05. The predicted octanol–water partition coefficient (Wildman–Crippen LogP) is 7.79. The minimum Gasteiger partial charge on any atom is -0.456 e. The number of hydrogen-bond acceptors (Lipinski definition) is 4. The molecule has 0 unspecified atom stereocenters. The summed E-state index contributed by atoms with van der Waals surface area (Å²) in [7, 11) is 0. The Labute approximate surface area is 231 Å². The van der Waals surface area contributed by atoms with Crippen LogP contribution in [0.25, 0.3) is 22.2 Å². The summed E-state index contributed by atoms with van der Waals surface area (Å²) in [5.41, 5.74) is 5.54. The Bertz CT molecular complexity index is 1450. The van der Waals surface area contributed by atoms with Gasteiger partial charge in [-0.1, -0.05) is 68.8 Å². The maximum absolute atomic E-state index is 12.9. The number of esters is 1. The van der Waals surface area contributed by atoms with Gasteiger partial charge in [-0.3, -0.25) is 4.79 Å². The SMILES string of the molecule is CCCCc1nc2c(NC(=O)CCC)cccc2n1Cc1ccc(-c2ccccc2C(=O)OC(C)(C)C)cc1. The number of aromatic nitrogens is 2. The molecular formula is C33H39N3O3. The van der Waals surface area contributed by atoms with E-state index in [0.29, 0.717) is 18.5 Å². The molecule has 1 aromatic heterocycles. The number of fused-ring (bicyclic) bond motifs is 1. The zero-order valence-corrected chi connectivity index (χ0v) is 23.7. The number of unbranched alkanes of at least 4 members (excludes halogenated alkanes) is 1. The first kappa shape index (κ1) is 28.1. The van der Waals surface area contributed by atoms with E-state index < -0.39 is 5.60 Å². The van der Waals surface area contributed by atoms with Crippen LogP contribution in [0.15, 0.2) is 66.7 Å². The smallest absolute Gasteiger partial charge is 0.339 e. The largest absolute Gasteiger partial charge is 0.456 e. The zero-order valence-electron chi connectivity index (χ0n) is 23.7. The van der Waals surface area contributed by atoms with Gasteiger partial charge in [-0.05, 0) is 68.5 Å². The highest BCUT2D eigenvalue weighted by Gasteiger charge is 2.21. The number of amides is 1. The Morgan fingerprint density at radius 1 is 0.923 bits per heavy atom. The fourth-order valence-electron chi connectivity index (χ4n) is 4.66. The van der Waals surface area contributed by atoms with Crippen LogP contribution in [0, 0.1) is 0 Å². The average Bonchev–Trinajstić information content (AvgIpc) is 3.25. The van der Waals surface area contributed by atoms with E-state index >= 15 is 0 Å². The highest BCUT2D eigenvalue weighted by molar-refractivity contribution is 6.00. The fraction of sp³-hybridized carbons (Fsp3) is 0.364. The quantitative estimate of drug-likeness (QED) is 0.215. The van der Waals surface area contributed by atoms with Gasteiger partial charge in [0.15, 0.2) is 0 Å². The lowest BCUT2D eigenvalue weighted by Gasteiger charge is -2.20. The normalized spacial score (nSPS) is 11.5. The summed E-state index contributed by atoms with van der Waals surface area (Å²) >= 11 is 0. The molecule has 0 saturated heterocycles. The lowest BCUT2D eigenvalue weighted by molar-refractivity contribution is -0.116. The summed E-state index contributed by atoms with van der Waals surface area (Å²) in [5.74, 6) is 0.703. The molecule has 1 N–H and O–H groups in total. The van der Waals surface area contributed by atoms with Crippen LogP contribution in [0.1, 0.15) is 82.0 Å². The Hall–Kier alpha value is -3.93. The monoisotopic (exact) mass is 525 g/mol. The number of hydrogen-bond donors (Lipinski definition) is 1. The van der Waals surface area contributed by atoms with Gasteiger partial charge in [0.1, 0.15) is 16.9 Å². The standard InChI is InChI=1S/C33H39N3O3/c1-6-8-17-29-35-31-27(34-30(37)12-7-2)15-11-16-28(31)36(29)22-23-18-20-24(21-19-23)25-13-9-10-14-26(25)32(38)39-33(3,4)5/h9-11,13-16,18-21H,6-8,12,17,22H2,1-5H3,(H,34,37). The van der Waals surface area contributed by atoms with Crippen LogP contribution >= 0.6 is 0 Å². The van der Waals surface area contributed by atoms with Crippen LogP contribution in [0.5, 0.6) is 0 Å². The summed E-state index contributed by atoms with van der Waals surface area (Å²) in [4.78, 5) is 30.2.